The highest BCUT2D eigenvalue weighted by Crippen LogP contribution is 2.22. The summed E-state index contributed by atoms with van der Waals surface area (Å²) in [6.45, 7) is 0.392. The molecule has 0 radical (unpaired) electrons. The second-order valence-electron chi connectivity index (χ2n) is 6.78. The number of amides is 2. The van der Waals surface area contributed by atoms with Crippen molar-refractivity contribution in [3.05, 3.63) is 64.7 Å². The molecule has 1 heterocycles. The normalized spacial score (nSPS) is 18.3. The number of carbonyl (C=O) groups excluding carboxylic acids is 2. The summed E-state index contributed by atoms with van der Waals surface area (Å²) >= 11 is 10.7. The quantitative estimate of drug-likeness (QED) is 0.537. The number of nitrogens with two attached hydrogens (primary N) is 1. The summed E-state index contributed by atoms with van der Waals surface area (Å²) in [4.78, 5) is 27.1. The zero-order valence-corrected chi connectivity index (χ0v) is 17.0. The second-order valence-corrected chi connectivity index (χ2v) is 7.65. The third-order valence-electron chi connectivity index (χ3n) is 4.60. The molecule has 5 N–H and O–H groups in total. The van der Waals surface area contributed by atoms with Crippen LogP contribution in [0, 0.1) is 0 Å². The molecule has 0 unspecified atom stereocenters. The largest absolute Gasteiger partial charge is 0.391 e. The molecular formula is C20H21ClN4O3S. The lowest BCUT2D eigenvalue weighted by molar-refractivity contribution is -0.125. The van der Waals surface area contributed by atoms with Gasteiger partial charge in [0.25, 0.3) is 5.91 Å². The number of carbonyl (C=O) groups is 2. The molecule has 152 valence electrons. The number of nitrogens with one attached hydrogen (secondary N) is 2. The minimum Gasteiger partial charge on any atom is -0.391 e. The fourth-order valence-corrected chi connectivity index (χ4v) is 3.48. The third kappa shape index (κ3) is 5.44. The van der Waals surface area contributed by atoms with Gasteiger partial charge in [-0.25, -0.2) is 0 Å². The molecule has 2 aromatic carbocycles. The maximum absolute atomic E-state index is 13.0. The highest BCUT2D eigenvalue weighted by atomic mass is 35.5. The molecule has 1 aliphatic rings. The minimum absolute atomic E-state index is 0.0881. The number of aliphatic hydroxyl groups is 1. The van der Waals surface area contributed by atoms with E-state index in [0.29, 0.717) is 22.8 Å². The number of halogens is 1. The maximum atomic E-state index is 13.0. The van der Waals surface area contributed by atoms with Gasteiger partial charge in [0.1, 0.15) is 6.04 Å². The van der Waals surface area contributed by atoms with Crippen molar-refractivity contribution < 1.29 is 14.7 Å². The molecule has 2 atom stereocenters. The Hall–Kier alpha value is -2.68. The Bertz CT molecular complexity index is 922. The van der Waals surface area contributed by atoms with Gasteiger partial charge < -0.3 is 26.4 Å². The predicted octanol–water partition coefficient (Wildman–Crippen LogP) is 1.89. The monoisotopic (exact) mass is 432 g/mol. The van der Waals surface area contributed by atoms with Crippen molar-refractivity contribution in [1.82, 2.24) is 10.2 Å². The smallest absolute Gasteiger partial charge is 0.254 e. The SMILES string of the molecule is NC(=S)Nc1cccc(C(=O)N2C[C@H](O)C[C@H]2C(=O)NCc2ccc(Cl)cc2)c1. The van der Waals surface area contributed by atoms with Crippen LogP contribution < -0.4 is 16.4 Å². The molecule has 7 nitrogen and oxygen atoms in total. The fraction of sp³-hybridized carbons (Fsp3) is 0.250. The minimum atomic E-state index is -0.761. The Morgan fingerprint density at radius 1 is 1.24 bits per heavy atom. The lowest BCUT2D eigenvalue weighted by atomic mass is 10.1. The Morgan fingerprint density at radius 2 is 1.97 bits per heavy atom. The van der Waals surface area contributed by atoms with E-state index in [4.69, 9.17) is 29.6 Å². The van der Waals surface area contributed by atoms with Crippen molar-refractivity contribution in [2.75, 3.05) is 11.9 Å². The summed E-state index contributed by atoms with van der Waals surface area (Å²) < 4.78 is 0. The van der Waals surface area contributed by atoms with Crippen molar-refractivity contribution >= 4 is 46.4 Å². The van der Waals surface area contributed by atoms with E-state index in [0.717, 1.165) is 5.56 Å². The fourth-order valence-electron chi connectivity index (χ4n) is 3.23. The van der Waals surface area contributed by atoms with Gasteiger partial charge in [-0.1, -0.05) is 29.8 Å². The van der Waals surface area contributed by atoms with Crippen molar-refractivity contribution in [2.24, 2.45) is 5.73 Å². The molecule has 0 aliphatic carbocycles. The van der Waals surface area contributed by atoms with Gasteiger partial charge in [-0.15, -0.1) is 0 Å². The van der Waals surface area contributed by atoms with E-state index in [2.05, 4.69) is 10.6 Å². The van der Waals surface area contributed by atoms with Crippen LogP contribution in [0.4, 0.5) is 5.69 Å². The number of thiocarbonyl (C=S) groups is 1. The van der Waals surface area contributed by atoms with Crippen molar-refractivity contribution in [3.8, 4) is 0 Å². The van der Waals surface area contributed by atoms with Crippen LogP contribution in [-0.4, -0.2) is 45.6 Å². The molecule has 2 aromatic rings. The molecule has 1 saturated heterocycles. The van der Waals surface area contributed by atoms with E-state index in [-0.39, 0.29) is 29.9 Å². The molecule has 9 heteroatoms. The lowest BCUT2D eigenvalue weighted by Gasteiger charge is -2.24. The van der Waals surface area contributed by atoms with Gasteiger partial charge in [0, 0.05) is 35.8 Å². The van der Waals surface area contributed by atoms with Crippen LogP contribution >= 0.6 is 23.8 Å². The highest BCUT2D eigenvalue weighted by molar-refractivity contribution is 7.80. The average molecular weight is 433 g/mol. The van der Waals surface area contributed by atoms with Gasteiger partial charge in [0.15, 0.2) is 5.11 Å². The molecule has 0 bridgehead atoms. The number of β-amino-alcohol motifs (C(OH)–C–C–N with tert-alkyl or cyclic N) is 1. The lowest BCUT2D eigenvalue weighted by Crippen LogP contribution is -2.45. The second kappa shape index (κ2) is 9.21. The first-order valence-electron chi connectivity index (χ1n) is 9.01. The van der Waals surface area contributed by atoms with E-state index >= 15 is 0 Å². The van der Waals surface area contributed by atoms with Gasteiger partial charge in [-0.3, -0.25) is 9.59 Å². The number of benzene rings is 2. The topological polar surface area (TPSA) is 108 Å². The van der Waals surface area contributed by atoms with Crippen LogP contribution in [0.2, 0.25) is 5.02 Å². The number of hydrogen-bond acceptors (Lipinski definition) is 4. The Morgan fingerprint density at radius 3 is 2.66 bits per heavy atom. The van der Waals surface area contributed by atoms with Crippen LogP contribution in [0.3, 0.4) is 0 Å². The van der Waals surface area contributed by atoms with E-state index in [1.54, 1.807) is 36.4 Å². The molecule has 2 amide bonds. The van der Waals surface area contributed by atoms with Gasteiger partial charge >= 0.3 is 0 Å². The zero-order chi connectivity index (χ0) is 21.0. The summed E-state index contributed by atoms with van der Waals surface area (Å²) in [5.74, 6) is -0.665. The first-order valence-corrected chi connectivity index (χ1v) is 9.80. The molecule has 0 aromatic heterocycles. The molecular weight excluding hydrogens is 412 g/mol. The number of hydrogen-bond donors (Lipinski definition) is 4. The summed E-state index contributed by atoms with van der Waals surface area (Å²) in [6.07, 6.45) is -0.577. The van der Waals surface area contributed by atoms with Crippen LogP contribution in [-0.2, 0) is 11.3 Å². The van der Waals surface area contributed by atoms with Crippen LogP contribution in [0.25, 0.3) is 0 Å². The Labute approximate surface area is 178 Å². The highest BCUT2D eigenvalue weighted by Gasteiger charge is 2.39. The number of rotatable bonds is 5. The van der Waals surface area contributed by atoms with Crippen molar-refractivity contribution in [1.29, 1.82) is 0 Å². The van der Waals surface area contributed by atoms with Gasteiger partial charge in [0.2, 0.25) is 5.91 Å². The number of aliphatic hydroxyl groups excluding tert-OH is 1. The maximum Gasteiger partial charge on any atom is 0.254 e. The zero-order valence-electron chi connectivity index (χ0n) is 15.5. The molecule has 0 saturated carbocycles. The van der Waals surface area contributed by atoms with E-state index in [1.165, 1.54) is 4.90 Å². The molecule has 1 fully saturated rings. The Kier molecular flexibility index (Phi) is 6.68. The molecule has 1 aliphatic heterocycles. The molecule has 0 spiro atoms. The number of nitrogens with zero attached hydrogens (tertiary/aromatic N) is 1. The van der Waals surface area contributed by atoms with Crippen molar-refractivity contribution in [2.45, 2.75) is 25.1 Å². The van der Waals surface area contributed by atoms with Gasteiger partial charge in [-0.2, -0.15) is 0 Å². The first-order chi connectivity index (χ1) is 13.8. The van der Waals surface area contributed by atoms with E-state index in [1.807, 2.05) is 12.1 Å². The molecule has 3 rings (SSSR count). The molecule has 29 heavy (non-hydrogen) atoms. The predicted molar refractivity (Wildman–Crippen MR) is 116 cm³/mol. The Balaban J connectivity index is 1.70. The van der Waals surface area contributed by atoms with Gasteiger partial charge in [-0.05, 0) is 48.1 Å². The van der Waals surface area contributed by atoms with Crippen molar-refractivity contribution in [3.63, 3.8) is 0 Å². The first kappa shape index (κ1) is 21.0. The standard InChI is InChI=1S/C20H21ClN4O3S/c21-14-6-4-12(5-7-14)10-23-18(27)17-9-16(26)11-25(17)19(28)13-2-1-3-15(8-13)24-20(22)29/h1-8,16-17,26H,9-11H2,(H,23,27)(H3,22,24,29)/t16-,17+/m1/s1. The summed E-state index contributed by atoms with van der Waals surface area (Å²) in [5, 5.41) is 16.4. The summed E-state index contributed by atoms with van der Waals surface area (Å²) in [6, 6.07) is 13.0. The van der Waals surface area contributed by atoms with Crippen LogP contribution in [0.5, 0.6) is 0 Å². The van der Waals surface area contributed by atoms with Crippen LogP contribution in [0.1, 0.15) is 22.3 Å². The van der Waals surface area contributed by atoms with E-state index in [9.17, 15) is 14.7 Å². The number of likely N-dealkylation sites (tertiary alicyclic amines) is 1. The summed E-state index contributed by atoms with van der Waals surface area (Å²) in [7, 11) is 0. The average Bonchev–Trinajstić information content (AvgIpc) is 3.08. The van der Waals surface area contributed by atoms with Crippen LogP contribution in [0.15, 0.2) is 48.5 Å². The third-order valence-corrected chi connectivity index (χ3v) is 4.95. The van der Waals surface area contributed by atoms with E-state index < -0.39 is 12.1 Å². The number of anilines is 1. The van der Waals surface area contributed by atoms with Gasteiger partial charge in [0.05, 0.1) is 6.10 Å². The summed E-state index contributed by atoms with van der Waals surface area (Å²) in [5.41, 5.74) is 7.31.